The molecule has 0 unspecified atom stereocenters. The minimum atomic E-state index is -0.147. The number of nitrogens with one attached hydrogen (secondary N) is 5. The van der Waals surface area contributed by atoms with Crippen LogP contribution in [0, 0.1) is 0 Å². The quantitative estimate of drug-likeness (QED) is 0.0375. The van der Waals surface area contributed by atoms with Crippen LogP contribution in [0.2, 0.25) is 0 Å². The molecule has 0 saturated carbocycles. The number of aryl methyl sites for hydroxylation is 1. The summed E-state index contributed by atoms with van der Waals surface area (Å²) in [6.45, 7) is 17.5. The summed E-state index contributed by atoms with van der Waals surface area (Å²) in [4.78, 5) is 43.7. The third-order valence-corrected chi connectivity index (χ3v) is 10.1. The van der Waals surface area contributed by atoms with Gasteiger partial charge in [0.2, 0.25) is 17.7 Å². The largest absolute Gasteiger partial charge is 0.378 e. The first kappa shape index (κ1) is 55.0. The van der Waals surface area contributed by atoms with Gasteiger partial charge in [0, 0.05) is 77.5 Å². The van der Waals surface area contributed by atoms with Crippen LogP contribution in [-0.2, 0) is 60.5 Å². The summed E-state index contributed by atoms with van der Waals surface area (Å²) in [6, 6.07) is 15.3. The van der Waals surface area contributed by atoms with Crippen LogP contribution in [0.15, 0.2) is 59.5 Å². The van der Waals surface area contributed by atoms with Crippen molar-refractivity contribution in [2.24, 2.45) is 4.99 Å². The van der Waals surface area contributed by atoms with Crippen molar-refractivity contribution in [3.63, 3.8) is 0 Å². The number of nitrogens with zero attached hydrogens (tertiary/aromatic N) is 3. The van der Waals surface area contributed by atoms with E-state index in [1.54, 1.807) is 25.1 Å². The molecule has 65 heavy (non-hydrogen) atoms. The molecule has 364 valence electrons. The summed E-state index contributed by atoms with van der Waals surface area (Å²) in [5.41, 5.74) is 5.84. The summed E-state index contributed by atoms with van der Waals surface area (Å²) in [6.07, 6.45) is 4.30. The van der Waals surface area contributed by atoms with Gasteiger partial charge in [-0.15, -0.1) is 0 Å². The SMILES string of the molecule is C=N/C(=C/N(C)CNCCC(=O)NCCOCCOCCOCCOCCOCCOCCOCCNCc1ccc(-c2ccc3c(c2)CC[C@H](C)N3C(C)=O)cc1)NC(=O)CCNC. The lowest BCUT2D eigenvalue weighted by atomic mass is 9.93. The van der Waals surface area contributed by atoms with E-state index in [9.17, 15) is 14.4 Å². The van der Waals surface area contributed by atoms with Crippen LogP contribution in [0.4, 0.5) is 5.69 Å². The minimum absolute atomic E-state index is 0.0731. The van der Waals surface area contributed by atoms with E-state index < -0.39 is 0 Å². The fourth-order valence-corrected chi connectivity index (χ4v) is 6.64. The molecule has 0 radical (unpaired) electrons. The van der Waals surface area contributed by atoms with Gasteiger partial charge >= 0.3 is 0 Å². The van der Waals surface area contributed by atoms with Crippen molar-refractivity contribution in [1.82, 2.24) is 31.5 Å². The van der Waals surface area contributed by atoms with Gasteiger partial charge in [-0.1, -0.05) is 30.3 Å². The van der Waals surface area contributed by atoms with Gasteiger partial charge in [-0.3, -0.25) is 19.7 Å². The van der Waals surface area contributed by atoms with E-state index in [-0.39, 0.29) is 23.8 Å². The van der Waals surface area contributed by atoms with E-state index in [0.29, 0.717) is 137 Å². The number of amides is 3. The molecule has 1 aliphatic rings. The Bertz CT molecular complexity index is 1670. The third kappa shape index (κ3) is 24.7. The molecule has 1 atom stereocenters. The summed E-state index contributed by atoms with van der Waals surface area (Å²) < 4.78 is 38.9. The predicted molar refractivity (Wildman–Crippen MR) is 253 cm³/mol. The molecule has 2 aromatic rings. The second kappa shape index (κ2) is 34.9. The van der Waals surface area contributed by atoms with Crippen molar-refractivity contribution in [2.75, 3.05) is 144 Å². The topological polar surface area (TPSA) is 195 Å². The Morgan fingerprint density at radius 3 is 1.82 bits per heavy atom. The van der Waals surface area contributed by atoms with Crippen molar-refractivity contribution in [1.29, 1.82) is 0 Å². The molecule has 18 nitrogen and oxygen atoms in total. The molecule has 0 saturated heterocycles. The van der Waals surface area contributed by atoms with E-state index in [0.717, 1.165) is 31.6 Å². The average Bonchev–Trinajstić information content (AvgIpc) is 3.30. The molecule has 0 aliphatic carbocycles. The lowest BCUT2D eigenvalue weighted by molar-refractivity contribution is -0.121. The Hall–Kier alpha value is -4.34. The van der Waals surface area contributed by atoms with E-state index in [1.807, 2.05) is 11.9 Å². The number of rotatable bonds is 38. The number of hydrogen-bond acceptors (Lipinski definition) is 15. The average molecular weight is 913 g/mol. The van der Waals surface area contributed by atoms with Crippen LogP contribution < -0.4 is 31.5 Å². The fraction of sp³-hybridized carbons (Fsp3) is 0.617. The molecule has 2 aromatic carbocycles. The molecule has 5 N–H and O–H groups in total. The number of anilines is 1. The Morgan fingerprint density at radius 1 is 0.723 bits per heavy atom. The third-order valence-electron chi connectivity index (χ3n) is 10.1. The smallest absolute Gasteiger partial charge is 0.226 e. The van der Waals surface area contributed by atoms with Gasteiger partial charge in [0.05, 0.1) is 99.2 Å². The van der Waals surface area contributed by atoms with Gasteiger partial charge in [0.25, 0.3) is 0 Å². The molecule has 0 aromatic heterocycles. The first-order valence-corrected chi connectivity index (χ1v) is 22.8. The van der Waals surface area contributed by atoms with Crippen LogP contribution in [0.5, 0.6) is 0 Å². The standard InChI is InChI=1S/C47H76N8O10/c1-38-6-9-43-34-42(12-13-44(43)55(38)39(2)56)41-10-7-40(8-11-41)35-50-18-20-59-22-24-61-26-28-63-30-32-65-33-31-64-29-27-62-25-23-60-21-19-52-46(57)15-17-51-37-54(5)36-45(49-4)53-47(58)14-16-48-3/h7-8,10-13,34,36,38,48,50-51H,4,6,9,14-33,35,37H2,1-3,5H3,(H,52,57)(H,53,58)/b45-36-/t38-/m0/s1. The highest BCUT2D eigenvalue weighted by Gasteiger charge is 2.26. The van der Waals surface area contributed by atoms with Crippen LogP contribution in [0.1, 0.15) is 44.2 Å². The zero-order chi connectivity index (χ0) is 46.7. The molecule has 18 heteroatoms. The van der Waals surface area contributed by atoms with Gasteiger partial charge in [0.1, 0.15) is 5.82 Å². The number of benzene rings is 2. The maximum absolute atomic E-state index is 12.2. The molecule has 3 amide bonds. The molecule has 0 spiro atoms. The van der Waals surface area contributed by atoms with Crippen molar-refractivity contribution >= 4 is 30.1 Å². The zero-order valence-electron chi connectivity index (χ0n) is 39.3. The predicted octanol–water partition coefficient (Wildman–Crippen LogP) is 2.46. The Morgan fingerprint density at radius 2 is 1.26 bits per heavy atom. The number of aliphatic imine (C=N–C) groups is 1. The van der Waals surface area contributed by atoms with Crippen molar-refractivity contribution in [3.8, 4) is 11.1 Å². The summed E-state index contributed by atoms with van der Waals surface area (Å²) in [5, 5.41) is 15.0. The highest BCUT2D eigenvalue weighted by atomic mass is 16.6. The molecule has 1 aliphatic heterocycles. The number of fused-ring (bicyclic) bond motifs is 1. The lowest BCUT2D eigenvalue weighted by Gasteiger charge is -2.34. The van der Waals surface area contributed by atoms with E-state index in [4.69, 9.17) is 33.2 Å². The Balaban J connectivity index is 1.00. The van der Waals surface area contributed by atoms with Gasteiger partial charge in [0.15, 0.2) is 0 Å². The van der Waals surface area contributed by atoms with Crippen LogP contribution in [0.25, 0.3) is 11.1 Å². The number of carbonyl (C=O) groups excluding carboxylic acids is 3. The molecule has 0 fully saturated rings. The zero-order valence-corrected chi connectivity index (χ0v) is 39.3. The fourth-order valence-electron chi connectivity index (χ4n) is 6.64. The summed E-state index contributed by atoms with van der Waals surface area (Å²) in [7, 11) is 3.61. The first-order valence-electron chi connectivity index (χ1n) is 22.8. The highest BCUT2D eigenvalue weighted by molar-refractivity contribution is 5.94. The van der Waals surface area contributed by atoms with Gasteiger partial charge in [-0.05, 0) is 67.9 Å². The highest BCUT2D eigenvalue weighted by Crippen LogP contribution is 2.34. The van der Waals surface area contributed by atoms with Gasteiger partial charge in [-0.2, -0.15) is 0 Å². The second-order valence-electron chi connectivity index (χ2n) is 15.4. The molecular formula is C47H76N8O10. The number of ether oxygens (including phenoxy) is 7. The number of hydrogen-bond donors (Lipinski definition) is 5. The van der Waals surface area contributed by atoms with E-state index >= 15 is 0 Å². The molecule has 0 bridgehead atoms. The summed E-state index contributed by atoms with van der Waals surface area (Å²) in [5.74, 6) is 0.242. The maximum atomic E-state index is 12.2. The molecular weight excluding hydrogens is 837 g/mol. The van der Waals surface area contributed by atoms with Gasteiger partial charge in [-0.25, -0.2) is 4.99 Å². The molecule has 3 rings (SSSR count). The number of carbonyl (C=O) groups is 3. The van der Waals surface area contributed by atoms with Crippen molar-refractivity contribution in [3.05, 3.63) is 65.6 Å². The summed E-state index contributed by atoms with van der Waals surface area (Å²) >= 11 is 0. The molecule has 1 heterocycles. The van der Waals surface area contributed by atoms with Crippen LogP contribution in [0.3, 0.4) is 0 Å². The van der Waals surface area contributed by atoms with Crippen LogP contribution >= 0.6 is 0 Å². The minimum Gasteiger partial charge on any atom is -0.378 e. The second-order valence-corrected chi connectivity index (χ2v) is 15.4. The Labute approximate surface area is 386 Å². The Kier molecular flexibility index (Phi) is 29.6. The maximum Gasteiger partial charge on any atom is 0.226 e. The normalized spacial score (nSPS) is 13.7. The first-order chi connectivity index (χ1) is 31.7. The van der Waals surface area contributed by atoms with E-state index in [2.05, 4.69) is 87.7 Å². The van der Waals surface area contributed by atoms with Gasteiger partial charge < -0.3 is 64.2 Å². The van der Waals surface area contributed by atoms with E-state index in [1.165, 1.54) is 22.3 Å². The van der Waals surface area contributed by atoms with Crippen molar-refractivity contribution in [2.45, 2.75) is 52.1 Å². The van der Waals surface area contributed by atoms with Crippen molar-refractivity contribution < 1.29 is 47.5 Å². The monoisotopic (exact) mass is 913 g/mol. The lowest BCUT2D eigenvalue weighted by Crippen LogP contribution is -2.40. The van der Waals surface area contributed by atoms with Crippen LogP contribution in [-0.4, -0.2) is 175 Å².